The Balaban J connectivity index is 2.28. The second kappa shape index (κ2) is 4.29. The van der Waals surface area contributed by atoms with Crippen LogP contribution in [0.3, 0.4) is 0 Å². The van der Waals surface area contributed by atoms with Crippen LogP contribution in [0.4, 0.5) is 4.39 Å². The van der Waals surface area contributed by atoms with Gasteiger partial charge in [0.1, 0.15) is 5.82 Å². The zero-order chi connectivity index (χ0) is 10.7. The molecule has 2 nitrogen and oxygen atoms in total. The summed E-state index contributed by atoms with van der Waals surface area (Å²) < 4.78 is 24.1. The van der Waals surface area contributed by atoms with Crippen LogP contribution in [-0.4, -0.2) is 13.2 Å². The van der Waals surface area contributed by atoms with Crippen LogP contribution < -0.4 is 0 Å². The van der Waals surface area contributed by atoms with E-state index >= 15 is 0 Å². The van der Waals surface area contributed by atoms with Gasteiger partial charge in [-0.15, -0.1) is 0 Å². The predicted molar refractivity (Wildman–Crippen MR) is 54.6 cm³/mol. The fourth-order valence-electron chi connectivity index (χ4n) is 1.83. The van der Waals surface area contributed by atoms with Gasteiger partial charge in [0, 0.05) is 12.0 Å². The second-order valence-corrected chi connectivity index (χ2v) is 3.57. The van der Waals surface area contributed by atoms with Gasteiger partial charge in [0.2, 0.25) is 0 Å². The molecule has 0 atom stereocenters. The van der Waals surface area contributed by atoms with Crippen LogP contribution in [0.5, 0.6) is 0 Å². The molecule has 15 heavy (non-hydrogen) atoms. The van der Waals surface area contributed by atoms with Crippen LogP contribution in [-0.2, 0) is 15.3 Å². The molecule has 0 bridgehead atoms. The number of rotatable bonds is 3. The van der Waals surface area contributed by atoms with E-state index in [4.69, 9.17) is 9.47 Å². The molecule has 1 fully saturated rings. The van der Waals surface area contributed by atoms with Crippen molar-refractivity contribution in [1.82, 2.24) is 0 Å². The van der Waals surface area contributed by atoms with Crippen molar-refractivity contribution < 1.29 is 13.9 Å². The molecule has 1 aliphatic heterocycles. The van der Waals surface area contributed by atoms with Crippen LogP contribution in [0.1, 0.15) is 18.9 Å². The molecule has 81 valence electrons. The molecule has 0 N–H and O–H groups in total. The van der Waals surface area contributed by atoms with E-state index in [0.717, 1.165) is 5.56 Å². The highest BCUT2D eigenvalue weighted by molar-refractivity contribution is 5.22. The highest BCUT2D eigenvalue weighted by Gasteiger charge is 2.37. The van der Waals surface area contributed by atoms with Gasteiger partial charge in [-0.3, -0.25) is 0 Å². The first-order valence-electron chi connectivity index (χ1n) is 5.09. The summed E-state index contributed by atoms with van der Waals surface area (Å²) in [5.74, 6) is -0.935. The molecule has 1 saturated heterocycles. The van der Waals surface area contributed by atoms with Crippen molar-refractivity contribution in [3.63, 3.8) is 0 Å². The van der Waals surface area contributed by atoms with Crippen molar-refractivity contribution in [3.05, 3.63) is 42.1 Å². The summed E-state index contributed by atoms with van der Waals surface area (Å²) >= 11 is 0. The zero-order valence-corrected chi connectivity index (χ0v) is 8.70. The van der Waals surface area contributed by atoms with Gasteiger partial charge in [-0.25, -0.2) is 4.39 Å². The third-order valence-electron chi connectivity index (χ3n) is 2.51. The molecule has 0 aliphatic carbocycles. The summed E-state index contributed by atoms with van der Waals surface area (Å²) in [6.45, 7) is 3.13. The molecule has 1 aliphatic rings. The molecular formula is C12H14FO2. The molecule has 1 aromatic carbocycles. The van der Waals surface area contributed by atoms with Gasteiger partial charge in [0.25, 0.3) is 0 Å². The summed E-state index contributed by atoms with van der Waals surface area (Å²) in [5.41, 5.74) is 0.875. The van der Waals surface area contributed by atoms with Crippen LogP contribution in [0, 0.1) is 12.2 Å². The van der Waals surface area contributed by atoms with Crippen molar-refractivity contribution in [2.24, 2.45) is 0 Å². The lowest BCUT2D eigenvalue weighted by molar-refractivity contribution is -0.165. The summed E-state index contributed by atoms with van der Waals surface area (Å²) in [4.78, 5) is 0. The van der Waals surface area contributed by atoms with E-state index in [0.29, 0.717) is 19.6 Å². The number of benzene rings is 1. The van der Waals surface area contributed by atoms with E-state index in [2.05, 4.69) is 0 Å². The van der Waals surface area contributed by atoms with Crippen LogP contribution in [0.25, 0.3) is 0 Å². The number of ether oxygens (including phenoxy) is 2. The van der Waals surface area contributed by atoms with Gasteiger partial charge < -0.3 is 9.47 Å². The van der Waals surface area contributed by atoms with Gasteiger partial charge >= 0.3 is 0 Å². The van der Waals surface area contributed by atoms with Crippen molar-refractivity contribution in [2.45, 2.75) is 19.1 Å². The Hall–Kier alpha value is -0.930. The van der Waals surface area contributed by atoms with Crippen molar-refractivity contribution in [3.8, 4) is 0 Å². The fourth-order valence-corrected chi connectivity index (χ4v) is 1.83. The fraction of sp³-hybridized carbons (Fsp3) is 0.417. The standard InChI is InChI=1S/C12H14FO2/c1-2-7-12(14-8-9-15-12)10-3-5-11(13)6-4-10/h2-6H,7-9H2,1H3. The van der Waals surface area contributed by atoms with E-state index in [1.165, 1.54) is 12.1 Å². The number of hydrogen-bond acceptors (Lipinski definition) is 2. The van der Waals surface area contributed by atoms with Crippen LogP contribution in [0.15, 0.2) is 24.3 Å². The molecule has 1 radical (unpaired) electrons. The number of hydrogen-bond donors (Lipinski definition) is 0. The van der Waals surface area contributed by atoms with Crippen LogP contribution in [0.2, 0.25) is 0 Å². The topological polar surface area (TPSA) is 18.5 Å². The van der Waals surface area contributed by atoms with E-state index in [9.17, 15) is 4.39 Å². The van der Waals surface area contributed by atoms with Gasteiger partial charge in [-0.05, 0) is 18.6 Å². The first-order valence-corrected chi connectivity index (χ1v) is 5.09. The molecule has 0 aromatic heterocycles. The third-order valence-corrected chi connectivity index (χ3v) is 2.51. The smallest absolute Gasteiger partial charge is 0.195 e. The van der Waals surface area contributed by atoms with Gasteiger partial charge in [0.05, 0.1) is 13.2 Å². The van der Waals surface area contributed by atoms with E-state index < -0.39 is 5.79 Å². The average molecular weight is 209 g/mol. The van der Waals surface area contributed by atoms with Gasteiger partial charge in [0.15, 0.2) is 5.79 Å². The summed E-state index contributed by atoms with van der Waals surface area (Å²) in [7, 11) is 0. The zero-order valence-electron chi connectivity index (χ0n) is 8.70. The molecular weight excluding hydrogens is 195 g/mol. The lowest BCUT2D eigenvalue weighted by atomic mass is 10.0. The monoisotopic (exact) mass is 209 g/mol. The molecule has 1 aromatic rings. The minimum absolute atomic E-state index is 0.243. The quantitative estimate of drug-likeness (QED) is 0.761. The average Bonchev–Trinajstić information content (AvgIpc) is 2.69. The molecule has 2 rings (SSSR count). The van der Waals surface area contributed by atoms with Crippen molar-refractivity contribution >= 4 is 0 Å². The summed E-state index contributed by atoms with van der Waals surface area (Å²) in [5, 5.41) is 0. The van der Waals surface area contributed by atoms with Crippen LogP contribution >= 0.6 is 0 Å². The maximum absolute atomic E-state index is 12.8. The van der Waals surface area contributed by atoms with Crippen molar-refractivity contribution in [2.75, 3.05) is 13.2 Å². The Labute approximate surface area is 89.0 Å². The predicted octanol–water partition coefficient (Wildman–Crippen LogP) is 2.64. The molecule has 0 saturated carbocycles. The molecule has 0 amide bonds. The highest BCUT2D eigenvalue weighted by Crippen LogP contribution is 2.35. The maximum Gasteiger partial charge on any atom is 0.195 e. The van der Waals surface area contributed by atoms with E-state index in [-0.39, 0.29) is 5.82 Å². The lowest BCUT2D eigenvalue weighted by Gasteiger charge is -2.27. The Morgan fingerprint density at radius 2 is 1.87 bits per heavy atom. The van der Waals surface area contributed by atoms with Gasteiger partial charge in [-0.1, -0.05) is 19.1 Å². The minimum Gasteiger partial charge on any atom is -0.343 e. The number of halogens is 1. The largest absolute Gasteiger partial charge is 0.343 e. The second-order valence-electron chi connectivity index (χ2n) is 3.57. The third kappa shape index (κ3) is 2.03. The lowest BCUT2D eigenvalue weighted by Crippen LogP contribution is -2.26. The maximum atomic E-state index is 12.8. The first kappa shape index (κ1) is 10.6. The SMILES string of the molecule is C[CH]CC1(c2ccc(F)cc2)OCCO1. The first-order chi connectivity index (χ1) is 7.27. The van der Waals surface area contributed by atoms with Gasteiger partial charge in [-0.2, -0.15) is 0 Å². The molecule has 0 spiro atoms. The normalized spacial score (nSPS) is 19.3. The van der Waals surface area contributed by atoms with E-state index in [1.807, 2.05) is 13.3 Å². The minimum atomic E-state index is -0.692. The Morgan fingerprint density at radius 3 is 2.40 bits per heavy atom. The molecule has 1 heterocycles. The summed E-state index contributed by atoms with van der Waals surface area (Å²) in [6, 6.07) is 6.28. The Bertz CT molecular complexity index is 315. The highest BCUT2D eigenvalue weighted by atomic mass is 19.1. The Kier molecular flexibility index (Phi) is 3.03. The Morgan fingerprint density at radius 1 is 1.27 bits per heavy atom. The molecule has 0 unspecified atom stereocenters. The van der Waals surface area contributed by atoms with E-state index in [1.54, 1.807) is 12.1 Å². The molecule has 3 heteroatoms. The summed E-state index contributed by atoms with van der Waals surface area (Å²) in [6.07, 6.45) is 2.67. The van der Waals surface area contributed by atoms with Crippen molar-refractivity contribution in [1.29, 1.82) is 0 Å².